The first-order chi connectivity index (χ1) is 13.7. The molecule has 1 saturated heterocycles. The van der Waals surface area contributed by atoms with Crippen LogP contribution in [-0.2, 0) is 18.4 Å². The minimum absolute atomic E-state index is 0.0907. The summed E-state index contributed by atoms with van der Waals surface area (Å²) in [6.07, 6.45) is -0.352. The molecule has 1 aliphatic heterocycles. The zero-order valence-electron chi connectivity index (χ0n) is 15.6. The fourth-order valence-corrected chi connectivity index (χ4v) is 3.17. The van der Waals surface area contributed by atoms with E-state index in [9.17, 15) is 4.79 Å². The molecule has 0 radical (unpaired) electrons. The molecule has 2 heterocycles. The van der Waals surface area contributed by atoms with E-state index >= 15 is 0 Å². The first-order valence-electron chi connectivity index (χ1n) is 9.11. The number of ether oxygens (including phenoxy) is 2. The van der Waals surface area contributed by atoms with Crippen LogP contribution in [0.3, 0.4) is 0 Å². The van der Waals surface area contributed by atoms with E-state index in [0.717, 1.165) is 5.56 Å². The highest BCUT2D eigenvalue weighted by Gasteiger charge is 2.30. The molecule has 3 aromatic rings. The largest absolute Gasteiger partial charge is 0.488 e. The maximum atomic E-state index is 13.2. The number of para-hydroxylation sites is 1. The van der Waals surface area contributed by atoms with Crippen LogP contribution in [0.1, 0.15) is 27.8 Å². The summed E-state index contributed by atoms with van der Waals surface area (Å²) < 4.78 is 13.3. The number of hydrogen-bond acceptors (Lipinski definition) is 6. The number of aryl methyl sites for hydroxylation is 1. The van der Waals surface area contributed by atoms with Crippen molar-refractivity contribution in [2.24, 2.45) is 7.05 Å². The van der Waals surface area contributed by atoms with E-state index in [2.05, 4.69) is 15.5 Å². The third-order valence-electron chi connectivity index (χ3n) is 4.65. The predicted molar refractivity (Wildman–Crippen MR) is 101 cm³/mol. The van der Waals surface area contributed by atoms with Crippen molar-refractivity contribution in [3.8, 4) is 5.75 Å². The molecule has 0 N–H and O–H groups in total. The van der Waals surface area contributed by atoms with Gasteiger partial charge in [-0.15, -0.1) is 5.10 Å². The summed E-state index contributed by atoms with van der Waals surface area (Å²) in [5.74, 6) is 1.08. The summed E-state index contributed by atoms with van der Waals surface area (Å²) in [6, 6.07) is 17.2. The average Bonchev–Trinajstić information content (AvgIpc) is 3.19. The minimum Gasteiger partial charge on any atom is -0.488 e. The van der Waals surface area contributed by atoms with Crippen molar-refractivity contribution < 1.29 is 14.3 Å². The Bertz CT molecular complexity index is 944. The number of carbonyl (C=O) groups is 1. The second kappa shape index (κ2) is 8.18. The number of nitrogens with zero attached hydrogens (tertiary/aromatic N) is 5. The highest BCUT2D eigenvalue weighted by Crippen LogP contribution is 2.25. The average molecular weight is 379 g/mol. The molecule has 4 rings (SSSR count). The highest BCUT2D eigenvalue weighted by atomic mass is 16.5. The molecule has 144 valence electrons. The van der Waals surface area contributed by atoms with Crippen molar-refractivity contribution in [1.82, 2.24) is 25.1 Å². The van der Waals surface area contributed by atoms with Gasteiger partial charge >= 0.3 is 0 Å². The number of morpholine rings is 1. The molecule has 0 spiro atoms. The van der Waals surface area contributed by atoms with Crippen LogP contribution in [0.5, 0.6) is 5.75 Å². The van der Waals surface area contributed by atoms with Crippen LogP contribution in [0.15, 0.2) is 54.6 Å². The Morgan fingerprint density at radius 3 is 2.75 bits per heavy atom. The molecular weight excluding hydrogens is 358 g/mol. The topological polar surface area (TPSA) is 82.4 Å². The number of hydrogen-bond donors (Lipinski definition) is 0. The Morgan fingerprint density at radius 2 is 1.96 bits per heavy atom. The van der Waals surface area contributed by atoms with Gasteiger partial charge in [-0.3, -0.25) is 4.79 Å². The summed E-state index contributed by atoms with van der Waals surface area (Å²) in [5, 5.41) is 11.5. The van der Waals surface area contributed by atoms with E-state index < -0.39 is 0 Å². The number of benzene rings is 2. The van der Waals surface area contributed by atoms with Gasteiger partial charge in [0, 0.05) is 13.6 Å². The molecule has 1 aliphatic rings. The molecule has 28 heavy (non-hydrogen) atoms. The molecule has 0 saturated carbocycles. The van der Waals surface area contributed by atoms with Gasteiger partial charge in [0.15, 0.2) is 5.82 Å². The summed E-state index contributed by atoms with van der Waals surface area (Å²) >= 11 is 0. The summed E-state index contributed by atoms with van der Waals surface area (Å²) in [4.78, 5) is 14.9. The standard InChI is InChI=1S/C20H21N5O3/c1-24-19(21-22-23-24)18-13-25(11-12-27-18)20(26)16-9-5-6-10-17(16)28-14-15-7-3-2-4-8-15/h2-10,18H,11-14H2,1H3. The van der Waals surface area contributed by atoms with Gasteiger partial charge in [0.25, 0.3) is 5.91 Å². The van der Waals surface area contributed by atoms with Crippen molar-refractivity contribution in [1.29, 1.82) is 0 Å². The molecule has 1 unspecified atom stereocenters. The molecule has 2 aromatic carbocycles. The maximum Gasteiger partial charge on any atom is 0.257 e. The van der Waals surface area contributed by atoms with Crippen LogP contribution in [0.25, 0.3) is 0 Å². The zero-order valence-corrected chi connectivity index (χ0v) is 15.6. The summed E-state index contributed by atoms with van der Waals surface area (Å²) in [5.41, 5.74) is 1.58. The smallest absolute Gasteiger partial charge is 0.257 e. The molecular formula is C20H21N5O3. The van der Waals surface area contributed by atoms with E-state index in [1.165, 1.54) is 0 Å². The SMILES string of the molecule is Cn1nnnc1C1CN(C(=O)c2ccccc2OCc2ccccc2)CCO1. The lowest BCUT2D eigenvalue weighted by Gasteiger charge is -2.32. The first kappa shape index (κ1) is 18.1. The second-order valence-corrected chi connectivity index (χ2v) is 6.54. The number of aromatic nitrogens is 4. The third kappa shape index (κ3) is 3.86. The molecule has 0 bridgehead atoms. The molecule has 8 nitrogen and oxygen atoms in total. The first-order valence-corrected chi connectivity index (χ1v) is 9.11. The van der Waals surface area contributed by atoms with Crippen molar-refractivity contribution >= 4 is 5.91 Å². The number of amides is 1. The van der Waals surface area contributed by atoms with Gasteiger partial charge in [-0.2, -0.15) is 0 Å². The minimum atomic E-state index is -0.352. The van der Waals surface area contributed by atoms with E-state index in [0.29, 0.717) is 43.4 Å². The second-order valence-electron chi connectivity index (χ2n) is 6.54. The van der Waals surface area contributed by atoms with Gasteiger partial charge < -0.3 is 14.4 Å². The van der Waals surface area contributed by atoms with Gasteiger partial charge in [0.2, 0.25) is 0 Å². The Kier molecular flexibility index (Phi) is 5.29. The number of tetrazole rings is 1. The van der Waals surface area contributed by atoms with Crippen LogP contribution in [0.4, 0.5) is 0 Å². The lowest BCUT2D eigenvalue weighted by atomic mass is 10.1. The lowest BCUT2D eigenvalue weighted by Crippen LogP contribution is -2.43. The molecule has 1 aromatic heterocycles. The van der Waals surface area contributed by atoms with E-state index in [4.69, 9.17) is 9.47 Å². The normalized spacial score (nSPS) is 16.8. The Labute approximate surface area is 162 Å². The quantitative estimate of drug-likeness (QED) is 0.674. The summed E-state index contributed by atoms with van der Waals surface area (Å²) in [7, 11) is 1.76. The number of carbonyl (C=O) groups excluding carboxylic acids is 1. The third-order valence-corrected chi connectivity index (χ3v) is 4.65. The Morgan fingerprint density at radius 1 is 1.18 bits per heavy atom. The van der Waals surface area contributed by atoms with Crippen LogP contribution in [-0.4, -0.2) is 50.7 Å². The monoisotopic (exact) mass is 379 g/mol. The van der Waals surface area contributed by atoms with Gasteiger partial charge in [0.1, 0.15) is 18.5 Å². The van der Waals surface area contributed by atoms with E-state index in [-0.39, 0.29) is 12.0 Å². The van der Waals surface area contributed by atoms with Crippen molar-refractivity contribution in [2.45, 2.75) is 12.7 Å². The Hall–Kier alpha value is -3.26. The van der Waals surface area contributed by atoms with Gasteiger partial charge in [0.05, 0.1) is 18.7 Å². The fourth-order valence-electron chi connectivity index (χ4n) is 3.17. The van der Waals surface area contributed by atoms with Gasteiger partial charge in [-0.05, 0) is 28.1 Å². The Balaban J connectivity index is 1.49. The van der Waals surface area contributed by atoms with Crippen molar-refractivity contribution in [3.05, 3.63) is 71.5 Å². The molecule has 8 heteroatoms. The lowest BCUT2D eigenvalue weighted by molar-refractivity contribution is -0.0285. The van der Waals surface area contributed by atoms with Gasteiger partial charge in [-0.25, -0.2) is 4.68 Å². The van der Waals surface area contributed by atoms with Crippen LogP contribution in [0.2, 0.25) is 0 Å². The number of rotatable bonds is 5. The van der Waals surface area contributed by atoms with Crippen LogP contribution < -0.4 is 4.74 Å². The van der Waals surface area contributed by atoms with Crippen molar-refractivity contribution in [3.63, 3.8) is 0 Å². The molecule has 1 amide bonds. The van der Waals surface area contributed by atoms with E-state index in [1.807, 2.05) is 48.5 Å². The highest BCUT2D eigenvalue weighted by molar-refractivity contribution is 5.97. The molecule has 1 atom stereocenters. The van der Waals surface area contributed by atoms with Gasteiger partial charge in [-0.1, -0.05) is 42.5 Å². The van der Waals surface area contributed by atoms with Crippen LogP contribution in [0, 0.1) is 0 Å². The van der Waals surface area contributed by atoms with E-state index in [1.54, 1.807) is 22.7 Å². The zero-order chi connectivity index (χ0) is 19.3. The van der Waals surface area contributed by atoms with Crippen molar-refractivity contribution in [2.75, 3.05) is 19.7 Å². The predicted octanol–water partition coefficient (Wildman–Crippen LogP) is 2.00. The fraction of sp³-hybridized carbons (Fsp3) is 0.300. The van der Waals surface area contributed by atoms with Crippen LogP contribution >= 0.6 is 0 Å². The molecule has 1 fully saturated rings. The summed E-state index contributed by atoms with van der Waals surface area (Å²) in [6.45, 7) is 1.73. The molecule has 0 aliphatic carbocycles. The maximum absolute atomic E-state index is 13.2.